The first-order valence-electron chi connectivity index (χ1n) is 9.53. The minimum atomic E-state index is -0.223. The number of hydrogen-bond acceptors (Lipinski definition) is 5. The fourth-order valence-corrected chi connectivity index (χ4v) is 3.16. The molecule has 0 saturated carbocycles. The van der Waals surface area contributed by atoms with Crippen LogP contribution in [0.15, 0.2) is 36.7 Å². The van der Waals surface area contributed by atoms with Gasteiger partial charge in [0.25, 0.3) is 5.91 Å². The molecule has 1 amide bonds. The van der Waals surface area contributed by atoms with Crippen LogP contribution in [0.5, 0.6) is 0 Å². The fraction of sp³-hybridized carbons (Fsp3) is 0.450. The molecule has 0 unspecified atom stereocenters. The molecule has 0 atom stereocenters. The number of anilines is 2. The lowest BCUT2D eigenvalue weighted by Crippen LogP contribution is -2.47. The van der Waals surface area contributed by atoms with Crippen LogP contribution in [0.2, 0.25) is 0 Å². The van der Waals surface area contributed by atoms with Gasteiger partial charge in [0.15, 0.2) is 0 Å². The number of carbonyl (C=O) groups is 1. The van der Waals surface area contributed by atoms with Crippen LogP contribution in [-0.4, -0.2) is 48.6 Å². The van der Waals surface area contributed by atoms with Gasteiger partial charge in [0.1, 0.15) is 23.7 Å². The molecular weight excluding hydrogens is 345 g/mol. The molecule has 1 aromatic carbocycles. The monoisotopic (exact) mass is 371 g/mol. The fourth-order valence-electron chi connectivity index (χ4n) is 3.16. The molecule has 7 heteroatoms. The number of amides is 1. The van der Waals surface area contributed by atoms with Crippen LogP contribution in [0.25, 0.3) is 0 Å². The predicted molar refractivity (Wildman–Crippen MR) is 105 cm³/mol. The van der Waals surface area contributed by atoms with Gasteiger partial charge in [0.2, 0.25) is 0 Å². The first kappa shape index (κ1) is 19.1. The van der Waals surface area contributed by atoms with E-state index in [1.807, 2.05) is 0 Å². The highest BCUT2D eigenvalue weighted by Gasteiger charge is 2.19. The second-order valence-electron chi connectivity index (χ2n) is 6.67. The maximum Gasteiger partial charge on any atom is 0.270 e. The van der Waals surface area contributed by atoms with E-state index in [1.54, 1.807) is 18.2 Å². The zero-order valence-corrected chi connectivity index (χ0v) is 15.7. The SMILES string of the molecule is CCCCCNC(=O)c1cc(N2CCN(c3ccc(F)cc3)CC2)ncn1. The highest BCUT2D eigenvalue weighted by molar-refractivity contribution is 5.92. The van der Waals surface area contributed by atoms with Crippen molar-refractivity contribution in [3.8, 4) is 0 Å². The lowest BCUT2D eigenvalue weighted by atomic mass is 10.2. The Kier molecular flexibility index (Phi) is 6.57. The number of rotatable bonds is 7. The van der Waals surface area contributed by atoms with E-state index >= 15 is 0 Å². The molecule has 3 rings (SSSR count). The summed E-state index contributed by atoms with van der Waals surface area (Å²) in [6.45, 7) is 6.00. The molecule has 0 bridgehead atoms. The number of aromatic nitrogens is 2. The first-order valence-corrected chi connectivity index (χ1v) is 9.53. The maximum absolute atomic E-state index is 13.1. The van der Waals surface area contributed by atoms with Gasteiger partial charge >= 0.3 is 0 Å². The highest BCUT2D eigenvalue weighted by atomic mass is 19.1. The summed E-state index contributed by atoms with van der Waals surface area (Å²) in [6, 6.07) is 8.32. The molecule has 1 aliphatic rings. The Morgan fingerprint density at radius 1 is 1.07 bits per heavy atom. The van der Waals surface area contributed by atoms with Crippen molar-refractivity contribution in [3.05, 3.63) is 48.2 Å². The first-order chi connectivity index (χ1) is 13.2. The molecule has 1 N–H and O–H groups in total. The van der Waals surface area contributed by atoms with Gasteiger partial charge < -0.3 is 15.1 Å². The van der Waals surface area contributed by atoms with Crippen molar-refractivity contribution in [1.29, 1.82) is 0 Å². The Morgan fingerprint density at radius 3 is 2.48 bits per heavy atom. The van der Waals surface area contributed by atoms with E-state index in [2.05, 4.69) is 32.0 Å². The van der Waals surface area contributed by atoms with Gasteiger partial charge in [0, 0.05) is 44.5 Å². The zero-order chi connectivity index (χ0) is 19.1. The summed E-state index contributed by atoms with van der Waals surface area (Å²) in [5.74, 6) is 0.390. The van der Waals surface area contributed by atoms with Crippen LogP contribution >= 0.6 is 0 Å². The molecule has 27 heavy (non-hydrogen) atoms. The van der Waals surface area contributed by atoms with E-state index in [0.717, 1.165) is 56.9 Å². The smallest absolute Gasteiger partial charge is 0.270 e. The quantitative estimate of drug-likeness (QED) is 0.759. The third-order valence-electron chi connectivity index (χ3n) is 4.75. The number of unbranched alkanes of at least 4 members (excludes halogenated alkanes) is 2. The summed E-state index contributed by atoms with van der Waals surface area (Å²) in [7, 11) is 0. The lowest BCUT2D eigenvalue weighted by molar-refractivity contribution is 0.0948. The van der Waals surface area contributed by atoms with Crippen molar-refractivity contribution in [2.24, 2.45) is 0 Å². The summed E-state index contributed by atoms with van der Waals surface area (Å²) in [5, 5.41) is 2.91. The van der Waals surface area contributed by atoms with Gasteiger partial charge in [-0.1, -0.05) is 19.8 Å². The maximum atomic E-state index is 13.1. The minimum absolute atomic E-state index is 0.153. The highest BCUT2D eigenvalue weighted by Crippen LogP contribution is 2.19. The molecule has 6 nitrogen and oxygen atoms in total. The molecule has 1 saturated heterocycles. The molecule has 2 aromatic rings. The molecule has 144 valence electrons. The Labute approximate surface area is 159 Å². The van der Waals surface area contributed by atoms with Crippen LogP contribution in [0.4, 0.5) is 15.9 Å². The molecule has 1 aliphatic heterocycles. The van der Waals surface area contributed by atoms with Crippen LogP contribution < -0.4 is 15.1 Å². The molecule has 0 aliphatic carbocycles. The van der Waals surface area contributed by atoms with Crippen molar-refractivity contribution >= 4 is 17.4 Å². The average molecular weight is 371 g/mol. The van der Waals surface area contributed by atoms with Crippen LogP contribution in [-0.2, 0) is 0 Å². The van der Waals surface area contributed by atoms with Gasteiger partial charge in [0.05, 0.1) is 0 Å². The zero-order valence-electron chi connectivity index (χ0n) is 15.7. The standard InChI is InChI=1S/C20H26FN5O/c1-2-3-4-9-22-20(27)18-14-19(24-15-23-18)26-12-10-25(11-13-26)17-7-5-16(21)6-8-17/h5-8,14-15H,2-4,9-13H2,1H3,(H,22,27). The van der Waals surface area contributed by atoms with Crippen LogP contribution in [0.1, 0.15) is 36.7 Å². The summed E-state index contributed by atoms with van der Waals surface area (Å²) >= 11 is 0. The van der Waals surface area contributed by atoms with Crippen molar-refractivity contribution in [3.63, 3.8) is 0 Å². The Hall–Kier alpha value is -2.70. The lowest BCUT2D eigenvalue weighted by Gasteiger charge is -2.36. The van der Waals surface area contributed by atoms with Crippen molar-refractivity contribution in [1.82, 2.24) is 15.3 Å². The Morgan fingerprint density at radius 2 is 1.78 bits per heavy atom. The van der Waals surface area contributed by atoms with Gasteiger partial charge in [-0.3, -0.25) is 4.79 Å². The number of carbonyl (C=O) groups excluding carboxylic acids is 1. The topological polar surface area (TPSA) is 61.4 Å². The van der Waals surface area contributed by atoms with Crippen molar-refractivity contribution in [2.45, 2.75) is 26.2 Å². The Balaban J connectivity index is 1.56. The third-order valence-corrected chi connectivity index (χ3v) is 4.75. The molecule has 0 radical (unpaired) electrons. The number of benzene rings is 1. The minimum Gasteiger partial charge on any atom is -0.368 e. The van der Waals surface area contributed by atoms with E-state index in [4.69, 9.17) is 0 Å². The second-order valence-corrected chi connectivity index (χ2v) is 6.67. The molecule has 0 spiro atoms. The van der Waals surface area contributed by atoms with Gasteiger partial charge in [-0.05, 0) is 30.7 Å². The number of hydrogen-bond donors (Lipinski definition) is 1. The number of nitrogens with one attached hydrogen (secondary N) is 1. The van der Waals surface area contributed by atoms with Gasteiger partial charge in [-0.2, -0.15) is 0 Å². The summed E-state index contributed by atoms with van der Waals surface area (Å²) in [6.07, 6.45) is 4.65. The van der Waals surface area contributed by atoms with Crippen molar-refractivity contribution in [2.75, 3.05) is 42.5 Å². The normalized spacial score (nSPS) is 14.3. The average Bonchev–Trinajstić information content (AvgIpc) is 2.72. The second kappa shape index (κ2) is 9.30. The summed E-state index contributed by atoms with van der Waals surface area (Å²) < 4.78 is 13.1. The van der Waals surface area contributed by atoms with Crippen LogP contribution in [0.3, 0.4) is 0 Å². The van der Waals surface area contributed by atoms with E-state index in [9.17, 15) is 9.18 Å². The largest absolute Gasteiger partial charge is 0.368 e. The molecule has 2 heterocycles. The number of halogens is 1. The van der Waals surface area contributed by atoms with E-state index < -0.39 is 0 Å². The van der Waals surface area contributed by atoms with E-state index in [1.165, 1.54) is 18.5 Å². The Bertz CT molecular complexity index is 744. The van der Waals surface area contributed by atoms with Gasteiger partial charge in [-0.25, -0.2) is 14.4 Å². The van der Waals surface area contributed by atoms with E-state index in [-0.39, 0.29) is 11.7 Å². The van der Waals surface area contributed by atoms with Gasteiger partial charge in [-0.15, -0.1) is 0 Å². The summed E-state index contributed by atoms with van der Waals surface area (Å²) in [4.78, 5) is 25.1. The molecular formula is C20H26FN5O. The third kappa shape index (κ3) is 5.15. The number of nitrogens with zero attached hydrogens (tertiary/aromatic N) is 4. The number of piperazine rings is 1. The van der Waals surface area contributed by atoms with Crippen LogP contribution in [0, 0.1) is 5.82 Å². The van der Waals surface area contributed by atoms with Crippen molar-refractivity contribution < 1.29 is 9.18 Å². The molecule has 1 aromatic heterocycles. The molecule has 1 fully saturated rings. The van der Waals surface area contributed by atoms with E-state index in [0.29, 0.717) is 12.2 Å². The summed E-state index contributed by atoms with van der Waals surface area (Å²) in [5.41, 5.74) is 1.42. The predicted octanol–water partition coefficient (Wildman–Crippen LogP) is 2.86.